The molecule has 0 unspecified atom stereocenters. The first kappa shape index (κ1) is 15.4. The van der Waals surface area contributed by atoms with Crippen LogP contribution >= 0.6 is 15.2 Å². The molecule has 0 radical (unpaired) electrons. The maximum Gasteiger partial charge on any atom is 0.342 e. The lowest BCUT2D eigenvalue weighted by Crippen LogP contribution is -2.20. The van der Waals surface area contributed by atoms with Gasteiger partial charge in [0, 0.05) is 12.2 Å². The normalized spacial score (nSPS) is 12.8. The van der Waals surface area contributed by atoms with E-state index in [9.17, 15) is 9.13 Å². The molecule has 7 nitrogen and oxygen atoms in total. The Kier molecular flexibility index (Phi) is 4.72. The third kappa shape index (κ3) is 4.53. The lowest BCUT2D eigenvalue weighted by atomic mass is 10.2. The minimum absolute atomic E-state index is 0.502. The standard InChI is InChI=1S/C9H15NO6P2/c1-7-2-4-8(5-3-7)10-6-9(17(11,12)13)18(14,15)16/h2-5,9-10H,6H2,1H3,(H2,11,12,13)(H2,14,15,16). The van der Waals surface area contributed by atoms with E-state index in [1.54, 1.807) is 24.3 Å². The van der Waals surface area contributed by atoms with Crippen molar-refractivity contribution in [3.05, 3.63) is 29.8 Å². The summed E-state index contributed by atoms with van der Waals surface area (Å²) in [5.41, 5.74) is 1.54. The van der Waals surface area contributed by atoms with Crippen LogP contribution in [-0.2, 0) is 9.13 Å². The summed E-state index contributed by atoms with van der Waals surface area (Å²) in [6.07, 6.45) is 0. The van der Waals surface area contributed by atoms with E-state index in [1.165, 1.54) is 0 Å². The monoisotopic (exact) mass is 295 g/mol. The largest absolute Gasteiger partial charge is 0.383 e. The molecule has 18 heavy (non-hydrogen) atoms. The minimum Gasteiger partial charge on any atom is -0.383 e. The molecule has 9 heteroatoms. The van der Waals surface area contributed by atoms with Gasteiger partial charge in [-0.1, -0.05) is 17.7 Å². The molecular weight excluding hydrogens is 280 g/mol. The van der Waals surface area contributed by atoms with Gasteiger partial charge in [-0.3, -0.25) is 9.13 Å². The molecule has 1 aromatic rings. The number of benzene rings is 1. The van der Waals surface area contributed by atoms with Crippen molar-refractivity contribution in [2.24, 2.45) is 0 Å². The number of aryl methyl sites for hydroxylation is 1. The molecule has 1 aromatic carbocycles. The first-order chi connectivity index (χ1) is 8.10. The van der Waals surface area contributed by atoms with Gasteiger partial charge in [-0.2, -0.15) is 0 Å². The lowest BCUT2D eigenvalue weighted by molar-refractivity contribution is 0.340. The molecule has 0 atom stereocenters. The van der Waals surface area contributed by atoms with Gasteiger partial charge in [0.2, 0.25) is 0 Å². The molecule has 1 rings (SSSR count). The van der Waals surface area contributed by atoms with Crippen molar-refractivity contribution in [2.75, 3.05) is 11.9 Å². The van der Waals surface area contributed by atoms with E-state index in [0.717, 1.165) is 5.56 Å². The van der Waals surface area contributed by atoms with Crippen molar-refractivity contribution in [1.29, 1.82) is 0 Å². The van der Waals surface area contributed by atoms with E-state index >= 15 is 0 Å². The smallest absolute Gasteiger partial charge is 0.342 e. The van der Waals surface area contributed by atoms with Crippen LogP contribution < -0.4 is 5.32 Å². The molecule has 5 N–H and O–H groups in total. The number of nitrogens with one attached hydrogen (secondary N) is 1. The summed E-state index contributed by atoms with van der Waals surface area (Å²) < 4.78 is 22.0. The SMILES string of the molecule is Cc1ccc(NCC(P(=O)(O)O)P(=O)(O)O)cc1. The molecule has 0 saturated heterocycles. The van der Waals surface area contributed by atoms with Crippen molar-refractivity contribution in [3.63, 3.8) is 0 Å². The molecule has 102 valence electrons. The van der Waals surface area contributed by atoms with Crippen molar-refractivity contribution < 1.29 is 28.7 Å². The van der Waals surface area contributed by atoms with Crippen LogP contribution in [0.25, 0.3) is 0 Å². The van der Waals surface area contributed by atoms with Gasteiger partial charge in [0.15, 0.2) is 5.40 Å². The van der Waals surface area contributed by atoms with E-state index in [-0.39, 0.29) is 0 Å². The third-order valence-electron chi connectivity index (χ3n) is 2.32. The predicted molar refractivity (Wildman–Crippen MR) is 67.5 cm³/mol. The fourth-order valence-corrected chi connectivity index (χ4v) is 3.54. The maximum absolute atomic E-state index is 11.0. The lowest BCUT2D eigenvalue weighted by Gasteiger charge is -2.20. The number of anilines is 1. The summed E-state index contributed by atoms with van der Waals surface area (Å²) in [7, 11) is -9.74. The van der Waals surface area contributed by atoms with E-state index in [1.807, 2.05) is 6.92 Å². The van der Waals surface area contributed by atoms with Crippen LogP contribution in [0.5, 0.6) is 0 Å². The molecule has 0 aliphatic rings. The molecule has 0 aliphatic carbocycles. The summed E-state index contributed by atoms with van der Waals surface area (Å²) in [6, 6.07) is 6.86. The first-order valence-corrected chi connectivity index (χ1v) is 8.38. The molecule has 0 aromatic heterocycles. The quantitative estimate of drug-likeness (QED) is 0.514. The molecule has 0 saturated carbocycles. The fraction of sp³-hybridized carbons (Fsp3) is 0.333. The molecule has 0 amide bonds. The highest BCUT2D eigenvalue weighted by Gasteiger charge is 2.43. The van der Waals surface area contributed by atoms with Gasteiger partial charge < -0.3 is 24.9 Å². The van der Waals surface area contributed by atoms with E-state index in [0.29, 0.717) is 5.69 Å². The number of rotatable bonds is 5. The Balaban J connectivity index is 2.78. The zero-order chi connectivity index (χ0) is 14.0. The van der Waals surface area contributed by atoms with E-state index in [2.05, 4.69) is 5.32 Å². The third-order valence-corrected chi connectivity index (χ3v) is 6.04. The summed E-state index contributed by atoms with van der Waals surface area (Å²) in [5, 5.41) is 0.565. The summed E-state index contributed by atoms with van der Waals surface area (Å²) in [6.45, 7) is 1.37. The molecule has 0 bridgehead atoms. The molecular formula is C9H15NO6P2. The first-order valence-electron chi connectivity index (χ1n) is 5.01. The van der Waals surface area contributed by atoms with Crippen molar-refractivity contribution >= 4 is 20.9 Å². The maximum atomic E-state index is 11.0. The number of hydrogen-bond donors (Lipinski definition) is 5. The van der Waals surface area contributed by atoms with E-state index < -0.39 is 27.1 Å². The van der Waals surface area contributed by atoms with Crippen LogP contribution in [0.3, 0.4) is 0 Å². The van der Waals surface area contributed by atoms with Crippen LogP contribution in [0, 0.1) is 6.92 Å². The minimum atomic E-state index is -4.87. The van der Waals surface area contributed by atoms with Gasteiger partial charge in [0.1, 0.15) is 0 Å². The van der Waals surface area contributed by atoms with Crippen LogP contribution in [0.1, 0.15) is 5.56 Å². The average Bonchev–Trinajstić information content (AvgIpc) is 2.17. The second kappa shape index (κ2) is 5.53. The highest BCUT2D eigenvalue weighted by Crippen LogP contribution is 2.59. The van der Waals surface area contributed by atoms with Gasteiger partial charge in [-0.25, -0.2) is 0 Å². The zero-order valence-electron chi connectivity index (χ0n) is 9.59. The number of hydrogen-bond acceptors (Lipinski definition) is 3. The molecule has 0 heterocycles. The van der Waals surface area contributed by atoms with Crippen molar-refractivity contribution in [2.45, 2.75) is 12.3 Å². The topological polar surface area (TPSA) is 127 Å². The highest BCUT2D eigenvalue weighted by molar-refractivity contribution is 7.70. The Labute approximate surface area is 104 Å². The Morgan fingerprint density at radius 1 is 1.06 bits per heavy atom. The second-order valence-electron chi connectivity index (χ2n) is 3.91. The van der Waals surface area contributed by atoms with Crippen LogP contribution in [0.2, 0.25) is 0 Å². The van der Waals surface area contributed by atoms with Crippen molar-refractivity contribution in [1.82, 2.24) is 0 Å². The van der Waals surface area contributed by atoms with Gasteiger partial charge in [-0.15, -0.1) is 0 Å². The van der Waals surface area contributed by atoms with Crippen LogP contribution in [0.4, 0.5) is 5.69 Å². The van der Waals surface area contributed by atoms with Crippen LogP contribution in [0.15, 0.2) is 24.3 Å². The Morgan fingerprint density at radius 3 is 1.89 bits per heavy atom. The second-order valence-corrected chi connectivity index (χ2v) is 7.92. The summed E-state index contributed by atoms with van der Waals surface area (Å²) in [4.78, 5) is 35.7. The summed E-state index contributed by atoms with van der Waals surface area (Å²) in [5.74, 6) is 0. The Morgan fingerprint density at radius 2 is 1.50 bits per heavy atom. The fourth-order valence-electron chi connectivity index (χ4n) is 1.31. The molecule has 0 spiro atoms. The summed E-state index contributed by atoms with van der Waals surface area (Å²) >= 11 is 0. The molecule has 0 aliphatic heterocycles. The van der Waals surface area contributed by atoms with Gasteiger partial charge in [-0.05, 0) is 19.1 Å². The zero-order valence-corrected chi connectivity index (χ0v) is 11.4. The van der Waals surface area contributed by atoms with Gasteiger partial charge >= 0.3 is 15.2 Å². The van der Waals surface area contributed by atoms with Crippen LogP contribution in [-0.4, -0.2) is 31.5 Å². The Bertz CT molecular complexity index is 468. The van der Waals surface area contributed by atoms with Gasteiger partial charge in [0.25, 0.3) is 0 Å². The predicted octanol–water partition coefficient (Wildman–Crippen LogP) is 1.09. The average molecular weight is 295 g/mol. The Hall–Kier alpha value is -0.680. The van der Waals surface area contributed by atoms with Crippen molar-refractivity contribution in [3.8, 4) is 0 Å². The highest BCUT2D eigenvalue weighted by atomic mass is 31.2. The molecule has 0 fully saturated rings. The van der Waals surface area contributed by atoms with Gasteiger partial charge in [0.05, 0.1) is 0 Å². The van der Waals surface area contributed by atoms with E-state index in [4.69, 9.17) is 19.6 Å².